The standard InChI is InChI=1S/C17H20ClNO/c1-3-19-12-14-9-10-17(16(18)11-14)20-13(2)15-7-5-4-6-8-15/h4-11,13,19H,3,12H2,1-2H3. The summed E-state index contributed by atoms with van der Waals surface area (Å²) in [7, 11) is 0. The summed E-state index contributed by atoms with van der Waals surface area (Å²) in [4.78, 5) is 0. The highest BCUT2D eigenvalue weighted by Crippen LogP contribution is 2.29. The molecule has 0 amide bonds. The van der Waals surface area contributed by atoms with Crippen molar-refractivity contribution >= 4 is 11.6 Å². The van der Waals surface area contributed by atoms with Crippen LogP contribution in [0, 0.1) is 0 Å². The van der Waals surface area contributed by atoms with E-state index in [1.807, 2.05) is 43.3 Å². The summed E-state index contributed by atoms with van der Waals surface area (Å²) in [6.45, 7) is 5.88. The minimum atomic E-state index is -0.0201. The average molecular weight is 290 g/mol. The van der Waals surface area contributed by atoms with Crippen molar-refractivity contribution in [3.05, 3.63) is 64.7 Å². The van der Waals surface area contributed by atoms with Crippen LogP contribution in [0.2, 0.25) is 5.02 Å². The van der Waals surface area contributed by atoms with E-state index in [1.54, 1.807) is 0 Å². The summed E-state index contributed by atoms with van der Waals surface area (Å²) in [6.07, 6.45) is -0.0201. The van der Waals surface area contributed by atoms with Crippen LogP contribution in [0.25, 0.3) is 0 Å². The smallest absolute Gasteiger partial charge is 0.138 e. The molecule has 0 saturated carbocycles. The van der Waals surface area contributed by atoms with Gasteiger partial charge in [-0.05, 0) is 36.7 Å². The van der Waals surface area contributed by atoms with Crippen LogP contribution in [0.3, 0.4) is 0 Å². The summed E-state index contributed by atoms with van der Waals surface area (Å²) in [5, 5.41) is 3.93. The van der Waals surface area contributed by atoms with Crippen LogP contribution in [0.4, 0.5) is 0 Å². The van der Waals surface area contributed by atoms with Crippen molar-refractivity contribution in [1.82, 2.24) is 5.32 Å². The Morgan fingerprint density at radius 1 is 1.15 bits per heavy atom. The Balaban J connectivity index is 2.06. The highest BCUT2D eigenvalue weighted by molar-refractivity contribution is 6.32. The number of benzene rings is 2. The minimum Gasteiger partial charge on any atom is -0.484 e. The molecule has 3 heteroatoms. The van der Waals surface area contributed by atoms with Gasteiger partial charge in [0, 0.05) is 6.54 Å². The third kappa shape index (κ3) is 3.99. The number of rotatable bonds is 6. The van der Waals surface area contributed by atoms with Gasteiger partial charge >= 0.3 is 0 Å². The molecule has 0 aliphatic rings. The fourth-order valence-electron chi connectivity index (χ4n) is 2.00. The van der Waals surface area contributed by atoms with E-state index in [1.165, 1.54) is 0 Å². The second-order valence-corrected chi connectivity index (χ2v) is 5.12. The molecule has 1 atom stereocenters. The average Bonchev–Trinajstić information content (AvgIpc) is 2.48. The first-order chi connectivity index (χ1) is 9.70. The molecule has 0 fully saturated rings. The molecule has 0 aliphatic heterocycles. The third-order valence-corrected chi connectivity index (χ3v) is 3.44. The molecule has 0 aliphatic carbocycles. The number of nitrogens with one attached hydrogen (secondary N) is 1. The van der Waals surface area contributed by atoms with Crippen LogP contribution in [-0.2, 0) is 6.54 Å². The van der Waals surface area contributed by atoms with Crippen molar-refractivity contribution in [2.75, 3.05) is 6.54 Å². The van der Waals surface area contributed by atoms with Crippen LogP contribution >= 0.6 is 11.6 Å². The zero-order valence-corrected chi connectivity index (χ0v) is 12.7. The lowest BCUT2D eigenvalue weighted by Crippen LogP contribution is -2.11. The monoisotopic (exact) mass is 289 g/mol. The summed E-state index contributed by atoms with van der Waals surface area (Å²) in [5.41, 5.74) is 2.30. The molecule has 106 valence electrons. The topological polar surface area (TPSA) is 21.3 Å². The van der Waals surface area contributed by atoms with Crippen LogP contribution in [0.1, 0.15) is 31.1 Å². The number of hydrogen-bond acceptors (Lipinski definition) is 2. The van der Waals surface area contributed by atoms with Gasteiger partial charge in [-0.15, -0.1) is 0 Å². The maximum atomic E-state index is 6.29. The first-order valence-electron chi connectivity index (χ1n) is 6.91. The summed E-state index contributed by atoms with van der Waals surface area (Å²) in [5.74, 6) is 0.725. The van der Waals surface area contributed by atoms with Crippen molar-refractivity contribution in [1.29, 1.82) is 0 Å². The molecule has 0 aromatic heterocycles. The van der Waals surface area contributed by atoms with Gasteiger partial charge in [-0.25, -0.2) is 0 Å². The predicted octanol–water partition coefficient (Wildman–Crippen LogP) is 4.59. The van der Waals surface area contributed by atoms with Gasteiger partial charge in [0.2, 0.25) is 0 Å². The number of ether oxygens (including phenoxy) is 1. The molecule has 1 N–H and O–H groups in total. The molecule has 2 aromatic rings. The van der Waals surface area contributed by atoms with Crippen LogP contribution in [0.5, 0.6) is 5.75 Å². The van der Waals surface area contributed by atoms with Crippen LogP contribution < -0.4 is 10.1 Å². The Morgan fingerprint density at radius 2 is 1.90 bits per heavy atom. The van der Waals surface area contributed by atoms with E-state index >= 15 is 0 Å². The molecule has 0 bridgehead atoms. The van der Waals surface area contributed by atoms with E-state index in [4.69, 9.17) is 16.3 Å². The Hall–Kier alpha value is -1.51. The van der Waals surface area contributed by atoms with Crippen molar-refractivity contribution < 1.29 is 4.74 Å². The van der Waals surface area contributed by atoms with Crippen molar-refractivity contribution in [3.8, 4) is 5.75 Å². The second kappa shape index (κ2) is 7.32. The van der Waals surface area contributed by atoms with Gasteiger partial charge in [0.1, 0.15) is 11.9 Å². The van der Waals surface area contributed by atoms with Gasteiger partial charge in [-0.1, -0.05) is 54.9 Å². The van der Waals surface area contributed by atoms with Gasteiger partial charge in [-0.2, -0.15) is 0 Å². The fraction of sp³-hybridized carbons (Fsp3) is 0.294. The molecular formula is C17H20ClNO. The molecule has 2 nitrogen and oxygen atoms in total. The normalized spacial score (nSPS) is 12.2. The molecule has 0 heterocycles. The number of hydrogen-bond donors (Lipinski definition) is 1. The predicted molar refractivity (Wildman–Crippen MR) is 84.3 cm³/mol. The summed E-state index contributed by atoms with van der Waals surface area (Å²) < 4.78 is 5.94. The largest absolute Gasteiger partial charge is 0.484 e. The Kier molecular flexibility index (Phi) is 5.45. The lowest BCUT2D eigenvalue weighted by atomic mass is 10.1. The van der Waals surface area contributed by atoms with E-state index in [0.717, 1.165) is 30.0 Å². The molecule has 0 radical (unpaired) electrons. The number of halogens is 1. The highest BCUT2D eigenvalue weighted by atomic mass is 35.5. The van der Waals surface area contributed by atoms with E-state index in [9.17, 15) is 0 Å². The van der Waals surface area contributed by atoms with Crippen molar-refractivity contribution in [3.63, 3.8) is 0 Å². The van der Waals surface area contributed by atoms with Crippen molar-refractivity contribution in [2.45, 2.75) is 26.5 Å². The quantitative estimate of drug-likeness (QED) is 0.840. The highest BCUT2D eigenvalue weighted by Gasteiger charge is 2.09. The summed E-state index contributed by atoms with van der Waals surface area (Å²) >= 11 is 6.29. The molecule has 0 saturated heterocycles. The van der Waals surface area contributed by atoms with Gasteiger partial charge in [-0.3, -0.25) is 0 Å². The van der Waals surface area contributed by atoms with Crippen LogP contribution in [-0.4, -0.2) is 6.54 Å². The van der Waals surface area contributed by atoms with E-state index in [-0.39, 0.29) is 6.10 Å². The molecular weight excluding hydrogens is 270 g/mol. The maximum absolute atomic E-state index is 6.29. The van der Waals surface area contributed by atoms with Gasteiger partial charge in [0.05, 0.1) is 5.02 Å². The molecule has 2 aromatic carbocycles. The Bertz CT molecular complexity index is 542. The lowest BCUT2D eigenvalue weighted by Gasteiger charge is -2.16. The van der Waals surface area contributed by atoms with Crippen molar-refractivity contribution in [2.24, 2.45) is 0 Å². The minimum absolute atomic E-state index is 0.0201. The Morgan fingerprint density at radius 3 is 2.55 bits per heavy atom. The molecule has 0 spiro atoms. The van der Waals surface area contributed by atoms with Gasteiger partial charge in [0.15, 0.2) is 0 Å². The Labute approximate surface area is 125 Å². The first kappa shape index (κ1) is 14.9. The van der Waals surface area contributed by atoms with E-state index < -0.39 is 0 Å². The third-order valence-electron chi connectivity index (χ3n) is 3.15. The fourth-order valence-corrected chi connectivity index (χ4v) is 2.25. The second-order valence-electron chi connectivity index (χ2n) is 4.72. The van der Waals surface area contributed by atoms with E-state index in [2.05, 4.69) is 24.4 Å². The summed E-state index contributed by atoms with van der Waals surface area (Å²) in [6, 6.07) is 16.1. The molecule has 2 rings (SSSR count). The van der Waals surface area contributed by atoms with E-state index in [0.29, 0.717) is 5.02 Å². The SMILES string of the molecule is CCNCc1ccc(OC(C)c2ccccc2)c(Cl)c1. The van der Waals surface area contributed by atoms with Crippen LogP contribution in [0.15, 0.2) is 48.5 Å². The maximum Gasteiger partial charge on any atom is 0.138 e. The van der Waals surface area contributed by atoms with Gasteiger partial charge in [0.25, 0.3) is 0 Å². The zero-order chi connectivity index (χ0) is 14.4. The molecule has 1 unspecified atom stereocenters. The zero-order valence-electron chi connectivity index (χ0n) is 11.9. The lowest BCUT2D eigenvalue weighted by molar-refractivity contribution is 0.227. The first-order valence-corrected chi connectivity index (χ1v) is 7.29. The van der Waals surface area contributed by atoms with Gasteiger partial charge < -0.3 is 10.1 Å². The molecule has 20 heavy (non-hydrogen) atoms.